The second-order valence-corrected chi connectivity index (χ2v) is 4.38. The van der Waals surface area contributed by atoms with E-state index >= 15 is 0 Å². The molecule has 19 heavy (non-hydrogen) atoms. The maximum absolute atomic E-state index is 5.35. The zero-order valence-electron chi connectivity index (χ0n) is 11.5. The number of hydrogen-bond donors (Lipinski definition) is 2. The fourth-order valence-corrected chi connectivity index (χ4v) is 1.93. The minimum Gasteiger partial charge on any atom is -0.497 e. The summed E-state index contributed by atoms with van der Waals surface area (Å²) in [6, 6.07) is 5.69. The maximum Gasteiger partial charge on any atom is 0.167 e. The molecule has 0 spiro atoms. The van der Waals surface area contributed by atoms with Crippen molar-refractivity contribution in [2.75, 3.05) is 20.8 Å². The predicted molar refractivity (Wildman–Crippen MR) is 81.9 cm³/mol. The Morgan fingerprint density at radius 2 is 2.16 bits per heavy atom. The maximum atomic E-state index is 5.35. The molecule has 1 aromatic rings. The van der Waals surface area contributed by atoms with Gasteiger partial charge in [0, 0.05) is 12.1 Å². The first kappa shape index (κ1) is 15.3. The van der Waals surface area contributed by atoms with Gasteiger partial charge in [-0.15, -0.1) is 6.58 Å². The van der Waals surface area contributed by atoms with Crippen molar-refractivity contribution in [3.8, 4) is 11.5 Å². The second-order valence-electron chi connectivity index (χ2n) is 3.97. The largest absolute Gasteiger partial charge is 0.497 e. The third-order valence-corrected chi connectivity index (χ3v) is 2.92. The summed E-state index contributed by atoms with van der Waals surface area (Å²) in [7, 11) is 3.28. The fourth-order valence-electron chi connectivity index (χ4n) is 1.67. The van der Waals surface area contributed by atoms with Crippen LogP contribution in [0.5, 0.6) is 11.5 Å². The van der Waals surface area contributed by atoms with E-state index in [1.54, 1.807) is 20.3 Å². The monoisotopic (exact) mass is 280 g/mol. The van der Waals surface area contributed by atoms with Gasteiger partial charge in [-0.05, 0) is 37.3 Å². The van der Waals surface area contributed by atoms with Gasteiger partial charge in [0.1, 0.15) is 11.5 Å². The summed E-state index contributed by atoms with van der Waals surface area (Å²) in [5.41, 5.74) is 0.990. The lowest BCUT2D eigenvalue weighted by atomic mass is 10.1. The van der Waals surface area contributed by atoms with Crippen molar-refractivity contribution >= 4 is 17.3 Å². The van der Waals surface area contributed by atoms with E-state index in [9.17, 15) is 0 Å². The molecule has 5 heteroatoms. The Bertz CT molecular complexity index is 449. The Morgan fingerprint density at radius 1 is 1.42 bits per heavy atom. The Balaban J connectivity index is 2.82. The number of ether oxygens (including phenoxy) is 2. The van der Waals surface area contributed by atoms with Crippen LogP contribution in [-0.4, -0.2) is 25.9 Å². The van der Waals surface area contributed by atoms with E-state index < -0.39 is 0 Å². The highest BCUT2D eigenvalue weighted by molar-refractivity contribution is 7.80. The zero-order chi connectivity index (χ0) is 14.3. The highest BCUT2D eigenvalue weighted by Gasteiger charge is 2.13. The van der Waals surface area contributed by atoms with E-state index in [0.29, 0.717) is 11.7 Å². The van der Waals surface area contributed by atoms with Crippen LogP contribution in [0.4, 0.5) is 0 Å². The van der Waals surface area contributed by atoms with Gasteiger partial charge in [-0.2, -0.15) is 0 Å². The lowest BCUT2D eigenvalue weighted by Gasteiger charge is -2.19. The Hall–Kier alpha value is -1.75. The highest BCUT2D eigenvalue weighted by Crippen LogP contribution is 2.29. The summed E-state index contributed by atoms with van der Waals surface area (Å²) < 4.78 is 10.6. The molecule has 0 saturated heterocycles. The van der Waals surface area contributed by atoms with Crippen LogP contribution in [0.1, 0.15) is 18.5 Å². The average Bonchev–Trinajstić information content (AvgIpc) is 2.44. The van der Waals surface area contributed by atoms with Crippen LogP contribution in [0.2, 0.25) is 0 Å². The molecule has 0 aromatic heterocycles. The van der Waals surface area contributed by atoms with Gasteiger partial charge in [0.15, 0.2) is 5.11 Å². The summed E-state index contributed by atoms with van der Waals surface area (Å²) in [6.45, 7) is 6.28. The van der Waals surface area contributed by atoms with Crippen molar-refractivity contribution in [3.63, 3.8) is 0 Å². The number of benzene rings is 1. The molecule has 0 bridgehead atoms. The van der Waals surface area contributed by atoms with Gasteiger partial charge in [-0.1, -0.05) is 6.08 Å². The number of methoxy groups -OCH3 is 2. The highest BCUT2D eigenvalue weighted by atomic mass is 32.1. The van der Waals surface area contributed by atoms with Crippen molar-refractivity contribution < 1.29 is 9.47 Å². The molecule has 104 valence electrons. The van der Waals surface area contributed by atoms with E-state index in [4.69, 9.17) is 21.7 Å². The van der Waals surface area contributed by atoms with E-state index in [0.717, 1.165) is 17.1 Å². The molecule has 0 radical (unpaired) electrons. The third kappa shape index (κ3) is 4.44. The summed E-state index contributed by atoms with van der Waals surface area (Å²) in [5.74, 6) is 1.58. The standard InChI is InChI=1S/C14H20N2O2S/c1-5-8-15-14(19)16-10(2)12-9-11(17-3)6-7-13(12)18-4/h5-7,9-10H,1,8H2,2-4H3,(H2,15,16,19)/t10-/m1/s1. The Morgan fingerprint density at radius 3 is 2.74 bits per heavy atom. The van der Waals surface area contributed by atoms with Gasteiger partial charge in [-0.25, -0.2) is 0 Å². The van der Waals surface area contributed by atoms with Crippen LogP contribution in [0, 0.1) is 0 Å². The van der Waals surface area contributed by atoms with Crippen molar-refractivity contribution in [2.24, 2.45) is 0 Å². The normalized spacial score (nSPS) is 11.3. The van der Waals surface area contributed by atoms with Crippen LogP contribution < -0.4 is 20.1 Å². The van der Waals surface area contributed by atoms with Crippen molar-refractivity contribution in [3.05, 3.63) is 36.4 Å². The number of hydrogen-bond acceptors (Lipinski definition) is 3. The Kier molecular flexibility index (Phi) is 6.15. The summed E-state index contributed by atoms with van der Waals surface area (Å²) in [6.07, 6.45) is 1.75. The smallest absolute Gasteiger partial charge is 0.167 e. The fraction of sp³-hybridized carbons (Fsp3) is 0.357. The van der Waals surface area contributed by atoms with Gasteiger partial charge >= 0.3 is 0 Å². The summed E-state index contributed by atoms with van der Waals surface area (Å²) in [4.78, 5) is 0. The van der Waals surface area contributed by atoms with Crippen molar-refractivity contribution in [1.29, 1.82) is 0 Å². The van der Waals surface area contributed by atoms with Crippen molar-refractivity contribution in [2.45, 2.75) is 13.0 Å². The number of thiocarbonyl (C=S) groups is 1. The van der Waals surface area contributed by atoms with Crippen LogP contribution in [0.15, 0.2) is 30.9 Å². The molecule has 0 saturated carbocycles. The van der Waals surface area contributed by atoms with Crippen LogP contribution >= 0.6 is 12.2 Å². The zero-order valence-corrected chi connectivity index (χ0v) is 12.3. The van der Waals surface area contributed by atoms with Gasteiger partial charge in [-0.3, -0.25) is 0 Å². The molecule has 2 N–H and O–H groups in total. The van der Waals surface area contributed by atoms with Gasteiger partial charge in [0.2, 0.25) is 0 Å². The SMILES string of the molecule is C=CCNC(=S)N[C@H](C)c1cc(OC)ccc1OC. The van der Waals surface area contributed by atoms with Crippen molar-refractivity contribution in [1.82, 2.24) is 10.6 Å². The van der Waals surface area contributed by atoms with E-state index in [-0.39, 0.29) is 6.04 Å². The molecule has 0 aliphatic rings. The van der Waals surface area contributed by atoms with Gasteiger partial charge in [0.25, 0.3) is 0 Å². The predicted octanol–water partition coefficient (Wildman–Crippen LogP) is 2.41. The third-order valence-electron chi connectivity index (χ3n) is 2.66. The topological polar surface area (TPSA) is 42.5 Å². The van der Waals surface area contributed by atoms with E-state index in [1.165, 1.54) is 0 Å². The average molecular weight is 280 g/mol. The lowest BCUT2D eigenvalue weighted by molar-refractivity contribution is 0.395. The molecule has 0 fully saturated rings. The molecular weight excluding hydrogens is 260 g/mol. The molecule has 1 atom stereocenters. The van der Waals surface area contributed by atoms with Crippen LogP contribution in [-0.2, 0) is 0 Å². The Labute approximate surface area is 119 Å². The first-order valence-corrected chi connectivity index (χ1v) is 6.40. The number of nitrogens with one attached hydrogen (secondary N) is 2. The van der Waals surface area contributed by atoms with Crippen LogP contribution in [0.25, 0.3) is 0 Å². The molecule has 4 nitrogen and oxygen atoms in total. The minimum atomic E-state index is 0.00913. The lowest BCUT2D eigenvalue weighted by Crippen LogP contribution is -2.36. The van der Waals surface area contributed by atoms with E-state index in [2.05, 4.69) is 17.2 Å². The van der Waals surface area contributed by atoms with Gasteiger partial charge in [0.05, 0.1) is 20.3 Å². The quantitative estimate of drug-likeness (QED) is 0.619. The first-order valence-electron chi connectivity index (χ1n) is 5.99. The summed E-state index contributed by atoms with van der Waals surface area (Å²) >= 11 is 5.19. The molecule has 0 unspecified atom stereocenters. The molecule has 0 aliphatic carbocycles. The molecule has 0 heterocycles. The van der Waals surface area contributed by atoms with Crippen LogP contribution in [0.3, 0.4) is 0 Å². The first-order chi connectivity index (χ1) is 9.12. The molecule has 0 aliphatic heterocycles. The molecule has 1 rings (SSSR count). The van der Waals surface area contributed by atoms with E-state index in [1.807, 2.05) is 25.1 Å². The molecule has 1 aromatic carbocycles. The van der Waals surface area contributed by atoms with Gasteiger partial charge < -0.3 is 20.1 Å². The second kappa shape index (κ2) is 7.63. The molecular formula is C14H20N2O2S. The summed E-state index contributed by atoms with van der Waals surface area (Å²) in [5, 5.41) is 6.80. The minimum absolute atomic E-state index is 0.00913. The number of rotatable bonds is 6. The molecule has 0 amide bonds.